The summed E-state index contributed by atoms with van der Waals surface area (Å²) in [7, 11) is 0. The fourth-order valence-electron chi connectivity index (χ4n) is 1.87. The number of carbonyl (C=O) groups excluding carboxylic acids is 2. The highest BCUT2D eigenvalue weighted by atomic mass is 16.1. The first-order chi connectivity index (χ1) is 8.02. The largest absolute Gasteiger partial charge is 0.299 e. The third kappa shape index (κ3) is 4.14. The van der Waals surface area contributed by atoms with Gasteiger partial charge in [0.1, 0.15) is 17.5 Å². The first kappa shape index (κ1) is 13.6. The van der Waals surface area contributed by atoms with E-state index in [1.165, 1.54) is 6.92 Å². The second-order valence-corrected chi connectivity index (χ2v) is 4.85. The fraction of sp³-hybridized carbons (Fsp3) is 0.467. The number of benzene rings is 1. The molecule has 2 nitrogen and oxygen atoms in total. The minimum atomic E-state index is -0.574. The van der Waals surface area contributed by atoms with Crippen LogP contribution in [0.1, 0.15) is 45.1 Å². The second-order valence-electron chi connectivity index (χ2n) is 4.85. The van der Waals surface area contributed by atoms with E-state index in [0.717, 1.165) is 12.0 Å². The Morgan fingerprint density at radius 1 is 1.12 bits per heavy atom. The van der Waals surface area contributed by atoms with Crippen molar-refractivity contribution in [3.63, 3.8) is 0 Å². The lowest BCUT2D eigenvalue weighted by molar-refractivity contribution is -0.128. The Balaban J connectivity index is 2.80. The Hall–Kier alpha value is -1.44. The Kier molecular flexibility index (Phi) is 5.08. The standard InChI is InChI=1S/C15H20O2/c1-11(2)9-10-14(17)15(12(3)16)13-7-5-4-6-8-13/h4-8,11,15H,9-10H2,1-3H3. The first-order valence-corrected chi connectivity index (χ1v) is 6.10. The Bertz CT molecular complexity index is 379. The molecule has 0 aliphatic rings. The smallest absolute Gasteiger partial charge is 0.147 e. The molecular weight excluding hydrogens is 212 g/mol. The minimum absolute atomic E-state index is 0.0393. The van der Waals surface area contributed by atoms with Crippen LogP contribution in [0.15, 0.2) is 30.3 Å². The molecule has 0 radical (unpaired) electrons. The highest BCUT2D eigenvalue weighted by Gasteiger charge is 2.24. The molecule has 1 rings (SSSR count). The first-order valence-electron chi connectivity index (χ1n) is 6.10. The van der Waals surface area contributed by atoms with Crippen LogP contribution >= 0.6 is 0 Å². The molecule has 0 aliphatic heterocycles. The van der Waals surface area contributed by atoms with Crippen molar-refractivity contribution in [2.24, 2.45) is 5.92 Å². The molecule has 1 atom stereocenters. The van der Waals surface area contributed by atoms with Crippen LogP contribution in [0, 0.1) is 5.92 Å². The van der Waals surface area contributed by atoms with Crippen LogP contribution in [0.2, 0.25) is 0 Å². The molecule has 2 heteroatoms. The van der Waals surface area contributed by atoms with Gasteiger partial charge in [-0.15, -0.1) is 0 Å². The van der Waals surface area contributed by atoms with Crippen LogP contribution in [-0.2, 0) is 9.59 Å². The molecule has 0 aliphatic carbocycles. The maximum absolute atomic E-state index is 12.1. The van der Waals surface area contributed by atoms with Gasteiger partial charge in [0.15, 0.2) is 0 Å². The molecular formula is C15H20O2. The molecule has 0 fully saturated rings. The zero-order valence-electron chi connectivity index (χ0n) is 10.8. The van der Waals surface area contributed by atoms with Gasteiger partial charge in [-0.3, -0.25) is 9.59 Å². The van der Waals surface area contributed by atoms with Gasteiger partial charge in [-0.2, -0.15) is 0 Å². The summed E-state index contributed by atoms with van der Waals surface area (Å²) >= 11 is 0. The van der Waals surface area contributed by atoms with Gasteiger partial charge < -0.3 is 0 Å². The monoisotopic (exact) mass is 232 g/mol. The second kappa shape index (κ2) is 6.33. The zero-order valence-corrected chi connectivity index (χ0v) is 10.8. The van der Waals surface area contributed by atoms with E-state index >= 15 is 0 Å². The highest BCUT2D eigenvalue weighted by molar-refractivity contribution is 6.06. The average Bonchev–Trinajstić information content (AvgIpc) is 2.27. The van der Waals surface area contributed by atoms with Crippen molar-refractivity contribution < 1.29 is 9.59 Å². The lowest BCUT2D eigenvalue weighted by Crippen LogP contribution is -2.20. The summed E-state index contributed by atoms with van der Waals surface area (Å²) in [5.74, 6) is -0.111. The van der Waals surface area contributed by atoms with E-state index in [-0.39, 0.29) is 11.6 Å². The molecule has 92 valence electrons. The van der Waals surface area contributed by atoms with Crippen molar-refractivity contribution in [1.29, 1.82) is 0 Å². The molecule has 0 bridgehead atoms. The van der Waals surface area contributed by atoms with Crippen LogP contribution in [0.5, 0.6) is 0 Å². The average molecular weight is 232 g/mol. The Labute approximate surface area is 103 Å². The van der Waals surface area contributed by atoms with Crippen LogP contribution in [0.25, 0.3) is 0 Å². The van der Waals surface area contributed by atoms with Gasteiger partial charge in [0.25, 0.3) is 0 Å². The number of rotatable bonds is 6. The molecule has 0 amide bonds. The number of hydrogen-bond acceptors (Lipinski definition) is 2. The zero-order chi connectivity index (χ0) is 12.8. The van der Waals surface area contributed by atoms with Gasteiger partial charge in [-0.05, 0) is 24.8 Å². The van der Waals surface area contributed by atoms with Crippen LogP contribution in [-0.4, -0.2) is 11.6 Å². The summed E-state index contributed by atoms with van der Waals surface area (Å²) in [6.07, 6.45) is 1.33. The van der Waals surface area contributed by atoms with E-state index in [2.05, 4.69) is 13.8 Å². The Morgan fingerprint density at radius 3 is 2.18 bits per heavy atom. The van der Waals surface area contributed by atoms with Crippen LogP contribution in [0.4, 0.5) is 0 Å². The van der Waals surface area contributed by atoms with Gasteiger partial charge in [0.2, 0.25) is 0 Å². The lowest BCUT2D eigenvalue weighted by atomic mass is 9.88. The quantitative estimate of drug-likeness (QED) is 0.705. The number of ketones is 2. The summed E-state index contributed by atoms with van der Waals surface area (Å²) < 4.78 is 0. The topological polar surface area (TPSA) is 34.1 Å². The van der Waals surface area contributed by atoms with Crippen LogP contribution in [0.3, 0.4) is 0 Å². The van der Waals surface area contributed by atoms with Crippen molar-refractivity contribution >= 4 is 11.6 Å². The van der Waals surface area contributed by atoms with Gasteiger partial charge >= 0.3 is 0 Å². The van der Waals surface area contributed by atoms with E-state index in [1.54, 1.807) is 0 Å². The summed E-state index contributed by atoms with van der Waals surface area (Å²) in [5, 5.41) is 0. The molecule has 0 saturated carbocycles. The molecule has 0 spiro atoms. The van der Waals surface area contributed by atoms with E-state index in [0.29, 0.717) is 12.3 Å². The number of Topliss-reactive ketones (excluding diaryl/α,β-unsaturated/α-hetero) is 2. The fourth-order valence-corrected chi connectivity index (χ4v) is 1.87. The summed E-state index contributed by atoms with van der Waals surface area (Å²) in [6.45, 7) is 5.65. The van der Waals surface area contributed by atoms with E-state index in [1.807, 2.05) is 30.3 Å². The predicted molar refractivity (Wildman–Crippen MR) is 68.9 cm³/mol. The molecule has 0 heterocycles. The molecule has 1 unspecified atom stereocenters. The van der Waals surface area contributed by atoms with Crippen molar-refractivity contribution in [3.05, 3.63) is 35.9 Å². The van der Waals surface area contributed by atoms with Crippen molar-refractivity contribution in [2.75, 3.05) is 0 Å². The third-order valence-electron chi connectivity index (χ3n) is 2.83. The summed E-state index contributed by atoms with van der Waals surface area (Å²) in [4.78, 5) is 23.7. The van der Waals surface area contributed by atoms with Gasteiger partial charge in [-0.1, -0.05) is 44.2 Å². The predicted octanol–water partition coefficient (Wildman–Crippen LogP) is 3.36. The van der Waals surface area contributed by atoms with Crippen molar-refractivity contribution in [2.45, 2.75) is 39.5 Å². The summed E-state index contributed by atoms with van der Waals surface area (Å²) in [5.41, 5.74) is 0.814. The van der Waals surface area contributed by atoms with Crippen molar-refractivity contribution in [1.82, 2.24) is 0 Å². The normalized spacial score (nSPS) is 12.5. The van der Waals surface area contributed by atoms with Gasteiger partial charge in [-0.25, -0.2) is 0 Å². The molecule has 0 N–H and O–H groups in total. The lowest BCUT2D eigenvalue weighted by Gasteiger charge is -2.13. The van der Waals surface area contributed by atoms with Crippen molar-refractivity contribution in [3.8, 4) is 0 Å². The number of hydrogen-bond donors (Lipinski definition) is 0. The van der Waals surface area contributed by atoms with Gasteiger partial charge in [0.05, 0.1) is 0 Å². The minimum Gasteiger partial charge on any atom is -0.299 e. The molecule has 0 aromatic heterocycles. The molecule has 1 aromatic rings. The number of carbonyl (C=O) groups is 2. The molecule has 17 heavy (non-hydrogen) atoms. The molecule has 1 aromatic carbocycles. The maximum atomic E-state index is 12.1. The van der Waals surface area contributed by atoms with Gasteiger partial charge in [0, 0.05) is 6.42 Å². The highest BCUT2D eigenvalue weighted by Crippen LogP contribution is 2.21. The van der Waals surface area contributed by atoms with Crippen LogP contribution < -0.4 is 0 Å². The maximum Gasteiger partial charge on any atom is 0.147 e. The SMILES string of the molecule is CC(=O)C(C(=O)CCC(C)C)c1ccccc1. The third-order valence-corrected chi connectivity index (χ3v) is 2.83. The molecule has 0 saturated heterocycles. The Morgan fingerprint density at radius 2 is 1.71 bits per heavy atom. The van der Waals surface area contributed by atoms with E-state index in [4.69, 9.17) is 0 Å². The van der Waals surface area contributed by atoms with E-state index in [9.17, 15) is 9.59 Å². The van der Waals surface area contributed by atoms with E-state index < -0.39 is 5.92 Å². The summed E-state index contributed by atoms with van der Waals surface area (Å²) in [6, 6.07) is 9.31.